The van der Waals surface area contributed by atoms with Gasteiger partial charge in [-0.3, -0.25) is 0 Å². The second-order valence-corrected chi connectivity index (χ2v) is 9.50. The van der Waals surface area contributed by atoms with Crippen LogP contribution in [0.4, 0.5) is 0 Å². The predicted octanol–water partition coefficient (Wildman–Crippen LogP) is 7.18. The number of rotatable bonds is 8. The first kappa shape index (κ1) is 23.7. The first-order valence-corrected chi connectivity index (χ1v) is 12.8. The van der Waals surface area contributed by atoms with E-state index in [0.717, 1.165) is 70.3 Å². The lowest BCUT2D eigenvalue weighted by Crippen LogP contribution is -2.05. The molecule has 0 aliphatic heterocycles. The molecule has 0 unspecified atom stereocenters. The van der Waals surface area contributed by atoms with E-state index in [4.69, 9.17) is 4.74 Å². The van der Waals surface area contributed by atoms with Gasteiger partial charge >= 0.3 is 6.01 Å². The van der Waals surface area contributed by atoms with Gasteiger partial charge < -0.3 is 20.1 Å². The van der Waals surface area contributed by atoms with Crippen molar-refractivity contribution in [2.45, 2.75) is 32.6 Å². The third-order valence-corrected chi connectivity index (χ3v) is 6.92. The molecule has 7 heteroatoms. The fourth-order valence-corrected chi connectivity index (χ4v) is 5.10. The van der Waals surface area contributed by atoms with Crippen LogP contribution in [0.25, 0.3) is 55.1 Å². The molecule has 1 heterocycles. The second kappa shape index (κ2) is 9.67. The van der Waals surface area contributed by atoms with E-state index < -0.39 is 0 Å². The molecule has 0 amide bonds. The van der Waals surface area contributed by atoms with Crippen LogP contribution in [0.3, 0.4) is 0 Å². The van der Waals surface area contributed by atoms with Crippen molar-refractivity contribution in [3.05, 3.63) is 66.7 Å². The molecular formula is C31H27N3O4. The average Bonchev–Trinajstić information content (AvgIpc) is 2.91. The molecule has 0 spiro atoms. The van der Waals surface area contributed by atoms with Crippen LogP contribution >= 0.6 is 0 Å². The number of phenols is 3. The number of nitrogens with zero attached hydrogens (tertiary/aromatic N) is 3. The Kier molecular flexibility index (Phi) is 6.04. The molecule has 6 aromatic rings. The monoisotopic (exact) mass is 505 g/mol. The molecular weight excluding hydrogens is 478 g/mol. The summed E-state index contributed by atoms with van der Waals surface area (Å²) in [7, 11) is 0. The van der Waals surface area contributed by atoms with Crippen LogP contribution in [0.1, 0.15) is 32.6 Å². The molecule has 0 fully saturated rings. The number of hydrogen-bond acceptors (Lipinski definition) is 7. The van der Waals surface area contributed by atoms with Crippen molar-refractivity contribution in [1.29, 1.82) is 0 Å². The Bertz CT molecular complexity index is 1740. The van der Waals surface area contributed by atoms with Crippen LogP contribution in [0, 0.1) is 0 Å². The Hall–Kier alpha value is -4.65. The summed E-state index contributed by atoms with van der Waals surface area (Å²) in [6.07, 6.45) is 4.14. The minimum Gasteiger partial charge on any atom is -0.508 e. The van der Waals surface area contributed by atoms with Crippen molar-refractivity contribution < 1.29 is 20.1 Å². The van der Waals surface area contributed by atoms with Gasteiger partial charge in [0.05, 0.1) is 6.61 Å². The molecule has 190 valence electrons. The Morgan fingerprint density at radius 3 is 2.08 bits per heavy atom. The van der Waals surface area contributed by atoms with Gasteiger partial charge in [-0.05, 0) is 44.8 Å². The molecule has 3 N–H and O–H groups in total. The first-order chi connectivity index (χ1) is 18.5. The highest BCUT2D eigenvalue weighted by Gasteiger charge is 2.20. The van der Waals surface area contributed by atoms with Gasteiger partial charge in [0.15, 0.2) is 11.6 Å². The highest BCUT2D eigenvalue weighted by atomic mass is 16.5. The summed E-state index contributed by atoms with van der Waals surface area (Å²) in [6.45, 7) is 2.59. The van der Waals surface area contributed by atoms with Crippen molar-refractivity contribution in [2.75, 3.05) is 6.61 Å². The van der Waals surface area contributed by atoms with Crippen LogP contribution in [0.2, 0.25) is 0 Å². The Balaban J connectivity index is 1.54. The van der Waals surface area contributed by atoms with E-state index in [9.17, 15) is 15.3 Å². The van der Waals surface area contributed by atoms with Gasteiger partial charge in [-0.1, -0.05) is 74.7 Å². The van der Waals surface area contributed by atoms with E-state index in [-0.39, 0.29) is 34.6 Å². The maximum atomic E-state index is 10.5. The van der Waals surface area contributed by atoms with Gasteiger partial charge in [0, 0.05) is 17.7 Å². The van der Waals surface area contributed by atoms with Crippen LogP contribution in [-0.4, -0.2) is 36.9 Å². The Morgan fingerprint density at radius 2 is 1.34 bits per heavy atom. The first-order valence-electron chi connectivity index (χ1n) is 12.8. The van der Waals surface area contributed by atoms with Gasteiger partial charge in [-0.15, -0.1) is 0 Å². The summed E-state index contributed by atoms with van der Waals surface area (Å²) in [5.74, 6) is -0.535. The molecule has 0 radical (unpaired) electrons. The number of benzene rings is 5. The summed E-state index contributed by atoms with van der Waals surface area (Å²) < 4.78 is 5.93. The largest absolute Gasteiger partial charge is 0.508 e. The van der Waals surface area contributed by atoms with E-state index in [1.165, 1.54) is 5.39 Å². The molecule has 0 saturated heterocycles. The predicted molar refractivity (Wildman–Crippen MR) is 149 cm³/mol. The zero-order valence-corrected chi connectivity index (χ0v) is 21.0. The number of aromatic hydroxyl groups is 3. The topological polar surface area (TPSA) is 109 Å². The van der Waals surface area contributed by atoms with Gasteiger partial charge in [-0.2, -0.15) is 9.97 Å². The van der Waals surface area contributed by atoms with E-state index in [2.05, 4.69) is 64.3 Å². The second-order valence-electron chi connectivity index (χ2n) is 9.50. The van der Waals surface area contributed by atoms with Gasteiger partial charge in [0.25, 0.3) is 0 Å². The molecule has 7 nitrogen and oxygen atoms in total. The van der Waals surface area contributed by atoms with Gasteiger partial charge in [0.1, 0.15) is 22.8 Å². The fourth-order valence-electron chi connectivity index (χ4n) is 5.10. The summed E-state index contributed by atoms with van der Waals surface area (Å²) in [6, 6.07) is 21.1. The summed E-state index contributed by atoms with van der Waals surface area (Å²) in [5, 5.41) is 37.6. The van der Waals surface area contributed by atoms with Crippen molar-refractivity contribution in [1.82, 2.24) is 15.0 Å². The molecule has 6 rings (SSSR count). The summed E-state index contributed by atoms with van der Waals surface area (Å²) >= 11 is 0. The van der Waals surface area contributed by atoms with E-state index >= 15 is 0 Å². The number of hydrogen-bond donors (Lipinski definition) is 3. The minimum atomic E-state index is -0.344. The fraction of sp³-hybridized carbons (Fsp3) is 0.194. The Labute approximate surface area is 219 Å². The van der Waals surface area contributed by atoms with E-state index in [1.54, 1.807) is 0 Å². The maximum Gasteiger partial charge on any atom is 0.320 e. The summed E-state index contributed by atoms with van der Waals surface area (Å²) in [4.78, 5) is 13.7. The number of phenolic OH excluding ortho intramolecular Hbond substituents is 3. The molecule has 38 heavy (non-hydrogen) atoms. The lowest BCUT2D eigenvalue weighted by atomic mass is 9.92. The highest BCUT2D eigenvalue weighted by Crippen LogP contribution is 2.41. The molecule has 5 aromatic carbocycles. The zero-order valence-electron chi connectivity index (χ0n) is 21.0. The molecule has 0 aliphatic rings. The zero-order chi connectivity index (χ0) is 26.2. The maximum absolute atomic E-state index is 10.5. The smallest absolute Gasteiger partial charge is 0.320 e. The van der Waals surface area contributed by atoms with Crippen LogP contribution in [0.15, 0.2) is 66.7 Å². The number of aromatic nitrogens is 3. The third kappa shape index (κ3) is 4.16. The van der Waals surface area contributed by atoms with Crippen molar-refractivity contribution in [2.24, 2.45) is 0 Å². The SMILES string of the molecule is CCCCCCOc1nc(-c2c(O)cc(O)cc2O)nc(-c2ccc3ccc4cccc5ccc2c3c45)n1. The summed E-state index contributed by atoms with van der Waals surface area (Å²) in [5.41, 5.74) is 0.785. The Morgan fingerprint density at radius 1 is 0.684 bits per heavy atom. The number of ether oxygens (including phenoxy) is 1. The van der Waals surface area contributed by atoms with Gasteiger partial charge in [-0.25, -0.2) is 4.98 Å². The van der Waals surface area contributed by atoms with Crippen LogP contribution in [-0.2, 0) is 0 Å². The van der Waals surface area contributed by atoms with Crippen LogP contribution in [0.5, 0.6) is 23.3 Å². The quantitative estimate of drug-likeness (QED) is 0.148. The number of unbranched alkanes of at least 4 members (excludes halogenated alkanes) is 3. The van der Waals surface area contributed by atoms with Crippen LogP contribution < -0.4 is 4.74 Å². The normalized spacial score (nSPS) is 11.6. The lowest BCUT2D eigenvalue weighted by molar-refractivity contribution is 0.281. The standard InChI is InChI=1S/C31H27N3O4/c1-2-3-4-5-15-38-31-33-29(32-30(34-31)28-24(36)16-21(35)17-25(28)37)23-14-12-20-10-9-18-7-6-8-19-11-13-22(23)27(20)26(18)19/h6-14,16-17,35-37H,2-5,15H2,1H3. The molecule has 1 aromatic heterocycles. The van der Waals surface area contributed by atoms with Crippen molar-refractivity contribution in [3.63, 3.8) is 0 Å². The molecule has 0 bridgehead atoms. The molecule has 0 atom stereocenters. The highest BCUT2D eigenvalue weighted by molar-refractivity contribution is 6.25. The molecule has 0 aliphatic carbocycles. The molecule has 0 saturated carbocycles. The van der Waals surface area contributed by atoms with Crippen molar-refractivity contribution in [3.8, 4) is 46.0 Å². The van der Waals surface area contributed by atoms with E-state index in [1.807, 2.05) is 12.1 Å². The van der Waals surface area contributed by atoms with Crippen molar-refractivity contribution >= 4 is 32.3 Å². The minimum absolute atomic E-state index is 0.00000513. The average molecular weight is 506 g/mol. The van der Waals surface area contributed by atoms with E-state index in [0.29, 0.717) is 12.4 Å². The lowest BCUT2D eigenvalue weighted by Gasteiger charge is -2.15. The third-order valence-electron chi connectivity index (χ3n) is 6.92. The van der Waals surface area contributed by atoms with Gasteiger partial charge in [0.2, 0.25) is 0 Å².